The molecule has 3 heterocycles. The summed E-state index contributed by atoms with van der Waals surface area (Å²) in [6, 6.07) is 6.89. The number of aliphatic carboxylic acids is 1. The number of likely N-dealkylation sites (tertiary alicyclic amines) is 2. The molecule has 3 fully saturated rings. The Morgan fingerprint density at radius 3 is 2.43 bits per heavy atom. The van der Waals surface area contributed by atoms with Gasteiger partial charge in [-0.2, -0.15) is 0 Å². The van der Waals surface area contributed by atoms with Crippen molar-refractivity contribution in [2.75, 3.05) is 39.4 Å². The molecule has 0 radical (unpaired) electrons. The number of nitrogens with zero attached hydrogens (tertiary/aromatic N) is 2. The van der Waals surface area contributed by atoms with E-state index in [4.69, 9.17) is 16.3 Å². The number of carboxylic acids is 1. The lowest BCUT2D eigenvalue weighted by molar-refractivity contribution is -0.146. The molecule has 1 atom stereocenters. The van der Waals surface area contributed by atoms with Crippen LogP contribution in [0.25, 0.3) is 0 Å². The van der Waals surface area contributed by atoms with Crippen molar-refractivity contribution >= 4 is 29.4 Å². The first kappa shape index (κ1) is 21.1. The van der Waals surface area contributed by atoms with Crippen LogP contribution in [0.5, 0.6) is 0 Å². The molecule has 0 saturated carbocycles. The largest absolute Gasteiger partial charge is 0.481 e. The van der Waals surface area contributed by atoms with Crippen LogP contribution in [0.2, 0.25) is 5.02 Å². The molecule has 1 aromatic rings. The Hall–Kier alpha value is -2.12. The molecule has 1 aromatic carbocycles. The van der Waals surface area contributed by atoms with Gasteiger partial charge >= 0.3 is 5.97 Å². The standard InChI is InChI=1S/C22H27ClN2O5/c23-17-3-1-2-16(12-17)20(27)24-8-4-15(5-9-24)19(26)25-13-18(21(28)29)22(14-25)6-10-30-11-7-22/h1-3,12,15,18H,4-11,13-14H2,(H,28,29). The highest BCUT2D eigenvalue weighted by molar-refractivity contribution is 6.30. The Balaban J connectivity index is 1.37. The van der Waals surface area contributed by atoms with Crippen LogP contribution in [0.3, 0.4) is 0 Å². The highest BCUT2D eigenvalue weighted by Crippen LogP contribution is 2.45. The number of halogens is 1. The van der Waals surface area contributed by atoms with Gasteiger partial charge in [0.25, 0.3) is 5.91 Å². The van der Waals surface area contributed by atoms with E-state index >= 15 is 0 Å². The summed E-state index contributed by atoms with van der Waals surface area (Å²) in [4.78, 5) is 41.2. The van der Waals surface area contributed by atoms with Gasteiger partial charge in [-0.25, -0.2) is 0 Å². The fourth-order valence-electron chi connectivity index (χ4n) is 5.15. The maximum Gasteiger partial charge on any atom is 0.308 e. The Labute approximate surface area is 180 Å². The Bertz CT molecular complexity index is 831. The van der Waals surface area contributed by atoms with Gasteiger partial charge in [0.05, 0.1) is 5.92 Å². The van der Waals surface area contributed by atoms with Crippen molar-refractivity contribution in [3.05, 3.63) is 34.9 Å². The van der Waals surface area contributed by atoms with Crippen LogP contribution in [-0.2, 0) is 14.3 Å². The fourth-order valence-corrected chi connectivity index (χ4v) is 5.34. The van der Waals surface area contributed by atoms with Crippen LogP contribution in [-0.4, -0.2) is 72.1 Å². The lowest BCUT2D eigenvalue weighted by atomic mass is 9.72. The SMILES string of the molecule is O=C(O)C1CN(C(=O)C2CCN(C(=O)c3cccc(Cl)c3)CC2)CC12CCOCC2. The number of amides is 2. The lowest BCUT2D eigenvalue weighted by Gasteiger charge is -2.36. The van der Waals surface area contributed by atoms with Gasteiger partial charge in [-0.1, -0.05) is 17.7 Å². The maximum atomic E-state index is 13.2. The molecule has 0 aliphatic carbocycles. The van der Waals surface area contributed by atoms with Gasteiger partial charge < -0.3 is 19.6 Å². The van der Waals surface area contributed by atoms with Crippen molar-refractivity contribution in [2.45, 2.75) is 25.7 Å². The first-order valence-electron chi connectivity index (χ1n) is 10.5. The second-order valence-corrected chi connectivity index (χ2v) is 9.10. The van der Waals surface area contributed by atoms with Crippen LogP contribution in [0.4, 0.5) is 0 Å². The minimum Gasteiger partial charge on any atom is -0.481 e. The summed E-state index contributed by atoms with van der Waals surface area (Å²) < 4.78 is 5.43. The van der Waals surface area contributed by atoms with Gasteiger partial charge in [-0.05, 0) is 43.9 Å². The van der Waals surface area contributed by atoms with E-state index < -0.39 is 11.9 Å². The average Bonchev–Trinajstić information content (AvgIpc) is 3.12. The third-order valence-electron chi connectivity index (χ3n) is 6.95. The van der Waals surface area contributed by atoms with Gasteiger partial charge in [0, 0.05) is 61.3 Å². The van der Waals surface area contributed by atoms with Crippen LogP contribution >= 0.6 is 11.6 Å². The van der Waals surface area contributed by atoms with Gasteiger partial charge in [-0.15, -0.1) is 0 Å². The number of piperidine rings is 1. The normalized spacial score (nSPS) is 24.2. The number of hydrogen-bond acceptors (Lipinski definition) is 4. The van der Waals surface area contributed by atoms with Gasteiger partial charge in [0.15, 0.2) is 0 Å². The number of carbonyl (C=O) groups is 3. The van der Waals surface area contributed by atoms with E-state index in [-0.39, 0.29) is 29.7 Å². The minimum atomic E-state index is -0.825. The number of benzene rings is 1. The third-order valence-corrected chi connectivity index (χ3v) is 7.18. The molecule has 1 unspecified atom stereocenters. The Morgan fingerprint density at radius 1 is 1.10 bits per heavy atom. The molecule has 3 aliphatic rings. The van der Waals surface area contributed by atoms with E-state index in [1.165, 1.54) is 0 Å². The molecular weight excluding hydrogens is 408 g/mol. The topological polar surface area (TPSA) is 87.2 Å². The predicted molar refractivity (Wildman–Crippen MR) is 110 cm³/mol. The van der Waals surface area contributed by atoms with E-state index in [2.05, 4.69) is 0 Å². The van der Waals surface area contributed by atoms with E-state index in [1.54, 1.807) is 34.1 Å². The molecule has 2 amide bonds. The van der Waals surface area contributed by atoms with Gasteiger partial charge in [0.2, 0.25) is 5.91 Å². The van der Waals surface area contributed by atoms with E-state index in [0.29, 0.717) is 69.1 Å². The number of carboxylic acid groups (broad SMARTS) is 1. The first-order valence-corrected chi connectivity index (χ1v) is 10.9. The van der Waals surface area contributed by atoms with Gasteiger partial charge in [-0.3, -0.25) is 14.4 Å². The smallest absolute Gasteiger partial charge is 0.308 e. The lowest BCUT2D eigenvalue weighted by Crippen LogP contribution is -2.44. The second kappa shape index (κ2) is 8.55. The first-order chi connectivity index (χ1) is 14.4. The molecule has 7 nitrogen and oxygen atoms in total. The van der Waals surface area contributed by atoms with Crippen LogP contribution in [0.15, 0.2) is 24.3 Å². The van der Waals surface area contributed by atoms with Gasteiger partial charge in [0.1, 0.15) is 0 Å². The molecule has 4 rings (SSSR count). The zero-order valence-corrected chi connectivity index (χ0v) is 17.6. The van der Waals surface area contributed by atoms with Crippen molar-refractivity contribution in [1.29, 1.82) is 0 Å². The summed E-state index contributed by atoms with van der Waals surface area (Å²) in [5, 5.41) is 10.3. The maximum absolute atomic E-state index is 13.2. The monoisotopic (exact) mass is 434 g/mol. The molecule has 3 aliphatic heterocycles. The van der Waals surface area contributed by atoms with Crippen molar-refractivity contribution < 1.29 is 24.2 Å². The Morgan fingerprint density at radius 2 is 1.80 bits per heavy atom. The molecule has 162 valence electrons. The zero-order valence-electron chi connectivity index (χ0n) is 16.9. The summed E-state index contributed by atoms with van der Waals surface area (Å²) >= 11 is 5.99. The fraction of sp³-hybridized carbons (Fsp3) is 0.591. The Kier molecular flexibility index (Phi) is 6.02. The zero-order chi connectivity index (χ0) is 21.3. The summed E-state index contributed by atoms with van der Waals surface area (Å²) in [6.07, 6.45) is 2.55. The number of rotatable bonds is 3. The van der Waals surface area contributed by atoms with Crippen molar-refractivity contribution in [1.82, 2.24) is 9.80 Å². The predicted octanol–water partition coefficient (Wildman–Crippen LogP) is 2.53. The molecule has 30 heavy (non-hydrogen) atoms. The van der Waals surface area contributed by atoms with Crippen molar-refractivity contribution in [3.8, 4) is 0 Å². The third kappa shape index (κ3) is 4.05. The number of carbonyl (C=O) groups excluding carboxylic acids is 2. The van der Waals surface area contributed by atoms with Crippen LogP contribution in [0.1, 0.15) is 36.0 Å². The minimum absolute atomic E-state index is 0.0273. The van der Waals surface area contributed by atoms with E-state index in [0.717, 1.165) is 0 Å². The summed E-state index contributed by atoms with van der Waals surface area (Å²) in [5.41, 5.74) is 0.181. The van der Waals surface area contributed by atoms with E-state index in [9.17, 15) is 19.5 Å². The molecule has 1 N–H and O–H groups in total. The molecule has 0 bridgehead atoms. The number of hydrogen-bond donors (Lipinski definition) is 1. The van der Waals surface area contributed by atoms with Crippen molar-refractivity contribution in [2.24, 2.45) is 17.3 Å². The molecule has 3 saturated heterocycles. The number of ether oxygens (including phenoxy) is 1. The quantitative estimate of drug-likeness (QED) is 0.789. The van der Waals surface area contributed by atoms with Crippen molar-refractivity contribution in [3.63, 3.8) is 0 Å². The highest BCUT2D eigenvalue weighted by Gasteiger charge is 2.52. The van der Waals surface area contributed by atoms with Crippen LogP contribution < -0.4 is 0 Å². The van der Waals surface area contributed by atoms with Crippen LogP contribution in [0, 0.1) is 17.3 Å². The summed E-state index contributed by atoms with van der Waals surface area (Å²) in [5.74, 6) is -1.57. The highest BCUT2D eigenvalue weighted by atomic mass is 35.5. The van der Waals surface area contributed by atoms with E-state index in [1.807, 2.05) is 0 Å². The molecule has 0 aromatic heterocycles. The molecule has 8 heteroatoms. The second-order valence-electron chi connectivity index (χ2n) is 8.66. The summed E-state index contributed by atoms with van der Waals surface area (Å²) in [6.45, 7) is 2.89. The molecule has 1 spiro atoms. The summed E-state index contributed by atoms with van der Waals surface area (Å²) in [7, 11) is 0. The average molecular weight is 435 g/mol. The molecular formula is C22H27ClN2O5.